The van der Waals surface area contributed by atoms with E-state index in [1.165, 1.54) is 6.42 Å². The van der Waals surface area contributed by atoms with Gasteiger partial charge >= 0.3 is 0 Å². The van der Waals surface area contributed by atoms with Crippen molar-refractivity contribution < 1.29 is 4.87 Å². The van der Waals surface area contributed by atoms with E-state index in [1.807, 2.05) is 40.0 Å². The molecule has 5 aromatic carbocycles. The van der Waals surface area contributed by atoms with Gasteiger partial charge in [0, 0.05) is 11.6 Å². The fourth-order valence-electron chi connectivity index (χ4n) is 6.88. The highest BCUT2D eigenvalue weighted by molar-refractivity contribution is 5.81. The van der Waals surface area contributed by atoms with Gasteiger partial charge in [-0.2, -0.15) is 0 Å². The average molecular weight is 632 g/mol. The third kappa shape index (κ3) is 5.84. The Balaban J connectivity index is 1.30. The summed E-state index contributed by atoms with van der Waals surface area (Å²) in [6.07, 6.45) is 6.43. The largest absolute Gasteiger partial charge is 0.246 e. The van der Waals surface area contributed by atoms with Gasteiger partial charge < -0.3 is 0 Å². The number of hydrogen-bond donors (Lipinski definition) is 0. The summed E-state index contributed by atoms with van der Waals surface area (Å²) in [5, 5.41) is 15.6. The molecule has 0 atom stereocenters. The second kappa shape index (κ2) is 14.0. The van der Waals surface area contributed by atoms with Gasteiger partial charge in [0.25, 0.3) is 0 Å². The highest BCUT2D eigenvalue weighted by Crippen LogP contribution is 2.43. The fraction of sp³-hybridized carbons (Fsp3) is 0.195. The molecule has 7 heteroatoms. The molecule has 7 rings (SSSR count). The maximum absolute atomic E-state index is 12.7. The third-order valence-electron chi connectivity index (χ3n) is 9.25. The Labute approximate surface area is 281 Å². The Morgan fingerprint density at radius 2 is 1.25 bits per heavy atom. The molecule has 0 aliphatic carbocycles. The smallest absolute Gasteiger partial charge is 0.205 e. The molecule has 6 aromatic rings. The van der Waals surface area contributed by atoms with Crippen LogP contribution in [-0.2, 0) is 12.1 Å². The number of aromatic nitrogens is 4. The minimum atomic E-state index is -0.845. The summed E-state index contributed by atoms with van der Waals surface area (Å²) >= 11 is 0. The predicted molar refractivity (Wildman–Crippen MR) is 190 cm³/mol. The number of allylic oxidation sites excluding steroid dienone is 1. The van der Waals surface area contributed by atoms with Crippen LogP contribution in [0.4, 0.5) is 0 Å². The second-order valence-corrected chi connectivity index (χ2v) is 12.2. The van der Waals surface area contributed by atoms with Crippen LogP contribution in [0.3, 0.4) is 0 Å². The number of rotatable bonds is 12. The molecule has 0 radical (unpaired) electrons. The van der Waals surface area contributed by atoms with Crippen molar-refractivity contribution >= 4 is 0 Å². The summed E-state index contributed by atoms with van der Waals surface area (Å²) in [7, 11) is 0. The molecule has 0 saturated heterocycles. The van der Waals surface area contributed by atoms with Crippen molar-refractivity contribution in [2.75, 3.05) is 6.54 Å². The highest BCUT2D eigenvalue weighted by atomic mass is 16.3. The Morgan fingerprint density at radius 3 is 1.83 bits per heavy atom. The van der Waals surface area contributed by atoms with E-state index < -0.39 is 5.54 Å². The number of unbranched alkanes of at least 4 members (excludes halogenated alkanes) is 2. The van der Waals surface area contributed by atoms with Crippen molar-refractivity contribution in [3.63, 3.8) is 0 Å². The van der Waals surface area contributed by atoms with Crippen molar-refractivity contribution in [3.05, 3.63) is 178 Å². The van der Waals surface area contributed by atoms with Crippen LogP contribution < -0.4 is 0 Å². The van der Waals surface area contributed by atoms with E-state index >= 15 is 0 Å². The van der Waals surface area contributed by atoms with Gasteiger partial charge in [-0.15, -0.1) is 10.1 Å². The number of hydrazine groups is 1. The van der Waals surface area contributed by atoms with E-state index in [1.54, 1.807) is 0 Å². The average Bonchev–Trinajstić information content (AvgIpc) is 3.77. The van der Waals surface area contributed by atoms with E-state index in [0.717, 1.165) is 68.8 Å². The molecule has 1 aliphatic rings. The maximum Gasteiger partial charge on any atom is 0.246 e. The zero-order valence-corrected chi connectivity index (χ0v) is 27.2. The number of benzene rings is 5. The van der Waals surface area contributed by atoms with Gasteiger partial charge in [-0.05, 0) is 56.6 Å². The molecule has 0 saturated carbocycles. The van der Waals surface area contributed by atoms with Gasteiger partial charge in [-0.3, -0.25) is 0 Å². The molecular formula is C41H39N6O+. The van der Waals surface area contributed by atoms with Crippen LogP contribution in [0.1, 0.15) is 54.9 Å². The summed E-state index contributed by atoms with van der Waals surface area (Å²) in [5.74, 6) is 0.659. The molecule has 2 heterocycles. The first-order valence-electron chi connectivity index (χ1n) is 16.8. The summed E-state index contributed by atoms with van der Waals surface area (Å²) in [4.78, 5) is 13.7. The lowest BCUT2D eigenvalue weighted by Crippen LogP contribution is -2.39. The standard InChI is InChI=1S/C41H39N6O/c1-2-3-7-22-37-29-30-46(48)45(37)31-32-25-27-33(28-26-32)38-23-14-15-24-39(38)40-42-43-44-47(40)41(34-16-8-4-9-17-34,35-18-10-5-11-19-35)36-20-12-6-13-21-36/h4-6,8-21,23-29H,2-3,7,22,30-31H2,1H3/q+1. The Hall–Kier alpha value is -5.69. The van der Waals surface area contributed by atoms with Gasteiger partial charge in [0.05, 0.1) is 10.6 Å². The van der Waals surface area contributed by atoms with Crippen LogP contribution in [0.15, 0.2) is 151 Å². The molecule has 1 aliphatic heterocycles. The molecule has 0 amide bonds. The Bertz CT molecular complexity index is 1910. The number of tetrazole rings is 1. The van der Waals surface area contributed by atoms with Crippen molar-refractivity contribution in [3.8, 4) is 22.5 Å². The van der Waals surface area contributed by atoms with Crippen LogP contribution in [0.25, 0.3) is 22.5 Å². The second-order valence-electron chi connectivity index (χ2n) is 12.2. The molecule has 0 fully saturated rings. The first-order valence-corrected chi connectivity index (χ1v) is 16.8. The molecule has 0 spiro atoms. The molecule has 0 N–H and O–H groups in total. The molecule has 7 nitrogen and oxygen atoms in total. The van der Waals surface area contributed by atoms with Gasteiger partial charge in [-0.25, -0.2) is 4.68 Å². The van der Waals surface area contributed by atoms with Crippen molar-refractivity contribution in [2.24, 2.45) is 0 Å². The molecule has 48 heavy (non-hydrogen) atoms. The van der Waals surface area contributed by atoms with Crippen molar-refractivity contribution in [1.82, 2.24) is 25.2 Å². The van der Waals surface area contributed by atoms with Crippen LogP contribution in [0, 0.1) is 4.91 Å². The normalized spacial score (nSPS) is 13.1. The van der Waals surface area contributed by atoms with Crippen LogP contribution in [-0.4, -0.2) is 36.6 Å². The maximum atomic E-state index is 12.7. The third-order valence-corrected chi connectivity index (χ3v) is 9.25. The Kier molecular flexibility index (Phi) is 9.01. The fourth-order valence-corrected chi connectivity index (χ4v) is 6.88. The van der Waals surface area contributed by atoms with Crippen LogP contribution in [0.2, 0.25) is 0 Å². The topological polar surface area (TPSA) is 66.9 Å². The number of nitrogens with zero attached hydrogens (tertiary/aromatic N) is 6. The molecular weight excluding hydrogens is 592 g/mol. The van der Waals surface area contributed by atoms with E-state index in [-0.39, 0.29) is 0 Å². The summed E-state index contributed by atoms with van der Waals surface area (Å²) < 4.78 is 1.98. The van der Waals surface area contributed by atoms with E-state index in [0.29, 0.717) is 18.9 Å². The molecule has 0 unspecified atom stereocenters. The quantitative estimate of drug-likeness (QED) is 0.0767. The molecule has 1 aromatic heterocycles. The lowest BCUT2D eigenvalue weighted by molar-refractivity contribution is -0.684. The lowest BCUT2D eigenvalue weighted by Gasteiger charge is -2.36. The van der Waals surface area contributed by atoms with Crippen molar-refractivity contribution in [2.45, 2.75) is 44.7 Å². The first-order chi connectivity index (χ1) is 23.7. The van der Waals surface area contributed by atoms with Crippen LogP contribution >= 0.6 is 0 Å². The van der Waals surface area contributed by atoms with E-state index in [9.17, 15) is 4.91 Å². The van der Waals surface area contributed by atoms with Gasteiger partial charge in [-0.1, -0.05) is 159 Å². The zero-order chi connectivity index (χ0) is 32.8. The molecule has 0 bridgehead atoms. The van der Waals surface area contributed by atoms with Crippen LogP contribution in [0.5, 0.6) is 0 Å². The summed E-state index contributed by atoms with van der Waals surface area (Å²) in [5.41, 5.74) is 7.51. The Morgan fingerprint density at radius 1 is 0.688 bits per heavy atom. The zero-order valence-electron chi connectivity index (χ0n) is 27.2. The SMILES string of the molecule is CCCCCC1=CC[N+](=O)N1Cc1ccc(-c2ccccc2-c2nnnn2C(c2ccccc2)(c2ccccc2)c2ccccc2)cc1. The van der Waals surface area contributed by atoms with Crippen molar-refractivity contribution in [1.29, 1.82) is 0 Å². The number of nitroso groups, excluding NO2 is 1. The lowest BCUT2D eigenvalue weighted by atomic mass is 9.77. The molecule has 238 valence electrons. The monoisotopic (exact) mass is 631 g/mol. The number of hydrogen-bond acceptors (Lipinski definition) is 4. The summed E-state index contributed by atoms with van der Waals surface area (Å²) in [6, 6.07) is 48.1. The highest BCUT2D eigenvalue weighted by Gasteiger charge is 2.42. The first kappa shape index (κ1) is 30.9. The van der Waals surface area contributed by atoms with E-state index in [4.69, 9.17) is 10.3 Å². The van der Waals surface area contributed by atoms with Gasteiger partial charge in [0.15, 0.2) is 5.82 Å². The summed E-state index contributed by atoms with van der Waals surface area (Å²) in [6.45, 7) is 3.17. The van der Waals surface area contributed by atoms with Gasteiger partial charge in [0.1, 0.15) is 17.0 Å². The minimum Gasteiger partial charge on any atom is -0.205 e. The van der Waals surface area contributed by atoms with E-state index in [2.05, 4.69) is 127 Å². The minimum absolute atomic E-state index is 0.415. The van der Waals surface area contributed by atoms with Gasteiger partial charge in [0.2, 0.25) is 6.54 Å². The predicted octanol–water partition coefficient (Wildman–Crippen LogP) is 8.82.